The number of thiophene rings is 1. The van der Waals surface area contributed by atoms with Crippen LogP contribution in [0.25, 0.3) is 20.7 Å². The van der Waals surface area contributed by atoms with Crippen molar-refractivity contribution in [3.05, 3.63) is 119 Å². The summed E-state index contributed by atoms with van der Waals surface area (Å²) in [5.41, 5.74) is 4.02. The van der Waals surface area contributed by atoms with E-state index in [2.05, 4.69) is 10.2 Å². The smallest absolute Gasteiger partial charge is 0.242 e. The molecule has 0 unspecified atom stereocenters. The number of benzene rings is 4. The Morgan fingerprint density at radius 1 is 0.875 bits per heavy atom. The third kappa shape index (κ3) is 6.28. The zero-order chi connectivity index (χ0) is 44.9. The molecule has 324 valence electrons. The number of methoxy groups -OCH3 is 1. The summed E-state index contributed by atoms with van der Waals surface area (Å²) in [7, 11) is 7.15. The first kappa shape index (κ1) is 41.4. The largest absolute Gasteiger partial charge is 0.508 e. The Bertz CT molecular complexity index is 3010. The molecule has 3 fully saturated rings. The predicted octanol–water partition coefficient (Wildman–Crippen LogP) is 9.89. The van der Waals surface area contributed by atoms with Crippen LogP contribution in [0.4, 0.5) is 28.6 Å². The van der Waals surface area contributed by atoms with Crippen LogP contribution in [0.2, 0.25) is 5.02 Å². The molecular formula is C49H44ClN7O6S. The maximum absolute atomic E-state index is 15.3. The molecule has 15 heteroatoms. The molecule has 6 aromatic rings. The van der Waals surface area contributed by atoms with E-state index in [1.54, 1.807) is 72.5 Å². The molecule has 4 heterocycles. The normalized spacial score (nSPS) is 24.1. The maximum atomic E-state index is 15.3. The lowest BCUT2D eigenvalue weighted by molar-refractivity contribution is -0.131. The number of nitrogens with zero attached hydrogens (tertiary/aromatic N) is 7. The average molecular weight is 894 g/mol. The van der Waals surface area contributed by atoms with Gasteiger partial charge in [-0.3, -0.25) is 28.8 Å². The molecule has 2 aliphatic carbocycles. The zero-order valence-corrected chi connectivity index (χ0v) is 37.5. The number of aryl methyl sites for hydroxylation is 2. The van der Waals surface area contributed by atoms with E-state index in [4.69, 9.17) is 21.4 Å². The lowest BCUT2D eigenvalue weighted by atomic mass is 9.51. The van der Waals surface area contributed by atoms with Crippen LogP contribution in [0.1, 0.15) is 36.8 Å². The number of phenolic OH excluding ortho intramolecular Hbond substituents is 1. The Morgan fingerprint density at radius 3 is 2.27 bits per heavy atom. The van der Waals surface area contributed by atoms with Crippen molar-refractivity contribution in [1.82, 2.24) is 9.78 Å². The van der Waals surface area contributed by atoms with Gasteiger partial charge in [0.05, 0.1) is 52.2 Å². The van der Waals surface area contributed by atoms with Crippen LogP contribution < -0.4 is 19.4 Å². The molecule has 0 spiro atoms. The Morgan fingerprint density at radius 2 is 1.58 bits per heavy atom. The number of halogens is 1. The van der Waals surface area contributed by atoms with E-state index in [1.807, 2.05) is 74.5 Å². The van der Waals surface area contributed by atoms with Gasteiger partial charge in [-0.25, -0.2) is 4.90 Å². The number of phenols is 1. The molecule has 1 saturated carbocycles. The zero-order valence-electron chi connectivity index (χ0n) is 35.9. The molecule has 4 aliphatic rings. The van der Waals surface area contributed by atoms with Crippen LogP contribution in [-0.2, 0) is 26.2 Å². The lowest BCUT2D eigenvalue weighted by Crippen LogP contribution is -2.49. The fourth-order valence-corrected chi connectivity index (χ4v) is 11.9. The summed E-state index contributed by atoms with van der Waals surface area (Å²) in [6.45, 7) is 3.78. The minimum Gasteiger partial charge on any atom is -0.508 e. The van der Waals surface area contributed by atoms with Crippen molar-refractivity contribution < 1.29 is 29.0 Å². The van der Waals surface area contributed by atoms with Crippen LogP contribution in [0, 0.1) is 36.0 Å². The highest BCUT2D eigenvalue weighted by Gasteiger charge is 2.68. The summed E-state index contributed by atoms with van der Waals surface area (Å²) in [4.78, 5) is 64.8. The van der Waals surface area contributed by atoms with E-state index >= 15 is 9.59 Å². The van der Waals surface area contributed by atoms with Crippen molar-refractivity contribution in [1.29, 1.82) is 0 Å². The van der Waals surface area contributed by atoms with Crippen LogP contribution >= 0.6 is 22.9 Å². The van der Waals surface area contributed by atoms with Gasteiger partial charge in [0.15, 0.2) is 0 Å². The second-order valence-corrected chi connectivity index (χ2v) is 18.9. The van der Waals surface area contributed by atoms with Crippen molar-refractivity contribution in [2.75, 3.05) is 35.9 Å². The van der Waals surface area contributed by atoms with Gasteiger partial charge in [0.2, 0.25) is 23.6 Å². The number of azo groups is 1. The average Bonchev–Trinajstić information content (AvgIpc) is 3.96. The van der Waals surface area contributed by atoms with Crippen molar-refractivity contribution >= 4 is 85.2 Å². The third-order valence-corrected chi connectivity index (χ3v) is 15.3. The van der Waals surface area contributed by atoms with Gasteiger partial charge in [0.25, 0.3) is 0 Å². The minimum atomic E-state index is -1.39. The first-order chi connectivity index (χ1) is 30.7. The standard InChI is InChI=1S/C49H44ClN7O6S/c1-25-34-21-26(50)7-20-40(34)64-44(25)38-24-41(55(5)53-38)57-46(60)37-23-35-32(43(49(37,2)48(57)62)36-22-31(63-6)16-19-39(36)58)17-18-33-42(35)47(61)56(45(33)59)30-14-10-28(11-15-30)52-51-27-8-12-29(13-9-27)54(3)4/h7-17,19-22,24,33,35,37,42-43,58H,18,23H2,1-6H3/t33-,35+,37-,42-,43+,49+/m0/s1. The van der Waals surface area contributed by atoms with Gasteiger partial charge in [-0.1, -0.05) is 23.3 Å². The summed E-state index contributed by atoms with van der Waals surface area (Å²) < 4.78 is 8.19. The highest BCUT2D eigenvalue weighted by molar-refractivity contribution is 7.22. The fraction of sp³-hybridized carbons (Fsp3) is 0.286. The number of imide groups is 2. The number of aromatic hydroxyl groups is 1. The van der Waals surface area contributed by atoms with Gasteiger partial charge < -0.3 is 14.7 Å². The van der Waals surface area contributed by atoms with E-state index in [0.717, 1.165) is 31.8 Å². The van der Waals surface area contributed by atoms with E-state index in [-0.39, 0.29) is 30.4 Å². The van der Waals surface area contributed by atoms with E-state index in [0.29, 0.717) is 44.9 Å². The summed E-state index contributed by atoms with van der Waals surface area (Å²) in [5, 5.41) is 26.7. The van der Waals surface area contributed by atoms with Crippen LogP contribution in [0.3, 0.4) is 0 Å². The number of hydrogen-bond acceptors (Lipinski definition) is 11. The fourth-order valence-electron chi connectivity index (χ4n) is 10.5. The minimum absolute atomic E-state index is 0.0745. The number of aromatic nitrogens is 2. The topological polar surface area (TPSA) is 150 Å². The number of carbonyl (C=O) groups is 4. The summed E-state index contributed by atoms with van der Waals surface area (Å²) in [6, 6.07) is 26.8. The number of anilines is 3. The molecule has 1 N–H and O–H groups in total. The van der Waals surface area contributed by atoms with Gasteiger partial charge in [-0.15, -0.1) is 11.3 Å². The molecule has 4 aromatic carbocycles. The van der Waals surface area contributed by atoms with Gasteiger partial charge >= 0.3 is 0 Å². The van der Waals surface area contributed by atoms with E-state index < -0.39 is 46.8 Å². The highest BCUT2D eigenvalue weighted by atomic mass is 35.5. The number of amides is 4. The Hall–Kier alpha value is -6.64. The number of carbonyl (C=O) groups excluding carboxylic acids is 4. The molecule has 64 heavy (non-hydrogen) atoms. The number of hydrogen-bond donors (Lipinski definition) is 1. The lowest BCUT2D eigenvalue weighted by Gasteiger charge is -2.49. The quantitative estimate of drug-likeness (QED) is 0.0902. The van der Waals surface area contributed by atoms with Gasteiger partial charge in [0.1, 0.15) is 23.0 Å². The van der Waals surface area contributed by atoms with Crippen molar-refractivity contribution in [3.8, 4) is 22.1 Å². The van der Waals surface area contributed by atoms with Gasteiger partial charge in [-0.05, 0) is 128 Å². The summed E-state index contributed by atoms with van der Waals surface area (Å²) in [6.07, 6.45) is 2.35. The van der Waals surface area contributed by atoms with E-state index in [1.165, 1.54) is 23.0 Å². The predicted molar refractivity (Wildman–Crippen MR) is 247 cm³/mol. The molecular weight excluding hydrogens is 850 g/mol. The molecule has 2 aromatic heterocycles. The molecule has 2 aliphatic heterocycles. The number of fused-ring (bicyclic) bond motifs is 5. The summed E-state index contributed by atoms with van der Waals surface area (Å²) in [5.74, 6) is -4.71. The first-order valence-corrected chi connectivity index (χ1v) is 22.2. The van der Waals surface area contributed by atoms with Crippen molar-refractivity contribution in [2.45, 2.75) is 32.6 Å². The molecule has 6 atom stereocenters. The van der Waals surface area contributed by atoms with Crippen LogP contribution in [-0.4, -0.2) is 59.7 Å². The molecule has 0 bridgehead atoms. The molecule has 0 radical (unpaired) electrons. The van der Waals surface area contributed by atoms with Gasteiger partial charge in [-0.2, -0.15) is 15.3 Å². The second kappa shape index (κ2) is 15.3. The Kier molecular flexibility index (Phi) is 9.87. The number of ether oxygens (including phenoxy) is 1. The first-order valence-electron chi connectivity index (χ1n) is 21.0. The van der Waals surface area contributed by atoms with Crippen LogP contribution in [0.5, 0.6) is 11.5 Å². The van der Waals surface area contributed by atoms with Crippen LogP contribution in [0.15, 0.2) is 113 Å². The monoisotopic (exact) mass is 893 g/mol. The summed E-state index contributed by atoms with van der Waals surface area (Å²) >= 11 is 7.90. The third-order valence-electron chi connectivity index (χ3n) is 13.8. The highest BCUT2D eigenvalue weighted by Crippen LogP contribution is 2.65. The van der Waals surface area contributed by atoms with Crippen molar-refractivity contribution in [2.24, 2.45) is 46.4 Å². The second-order valence-electron chi connectivity index (χ2n) is 17.4. The van der Waals surface area contributed by atoms with Crippen molar-refractivity contribution in [3.63, 3.8) is 0 Å². The molecule has 13 nitrogen and oxygen atoms in total. The molecule has 10 rings (SSSR count). The Labute approximate surface area is 378 Å². The molecule has 4 amide bonds. The van der Waals surface area contributed by atoms with E-state index in [9.17, 15) is 14.7 Å². The Balaban J connectivity index is 1.00. The number of rotatable bonds is 8. The van der Waals surface area contributed by atoms with Gasteiger partial charge in [0, 0.05) is 54.1 Å². The SMILES string of the molecule is COc1ccc(O)c([C@H]2C3=CC[C@@H]4C(=O)N(c5ccc(N=Nc6ccc(N(C)C)cc6)cc5)C(=O)[C@@H]4[C@@H]3C[C@H]3C(=O)N(c4cc(-c5sc6ccc(Cl)cc6c5C)nn4C)C(=O)[C@@]23C)c1. The number of allylic oxidation sites excluding steroid dienone is 2. The molecule has 2 saturated heterocycles. The maximum Gasteiger partial charge on any atom is 0.242 e.